The first-order valence-corrected chi connectivity index (χ1v) is 8.96. The summed E-state index contributed by atoms with van der Waals surface area (Å²) in [5.41, 5.74) is 1.44. The van der Waals surface area contributed by atoms with Crippen LogP contribution in [-0.2, 0) is 14.3 Å². The zero-order valence-corrected chi connectivity index (χ0v) is 15.0. The predicted octanol–water partition coefficient (Wildman–Crippen LogP) is 2.77. The molecule has 2 aromatic rings. The minimum Gasteiger partial charge on any atom is -0.465 e. The summed E-state index contributed by atoms with van der Waals surface area (Å²) < 4.78 is 9.74. The van der Waals surface area contributed by atoms with Crippen molar-refractivity contribution in [3.63, 3.8) is 0 Å². The second-order valence-electron chi connectivity index (χ2n) is 5.51. The summed E-state index contributed by atoms with van der Waals surface area (Å²) in [5, 5.41) is 0. The molecular formula is C19H17NO5S. The van der Waals surface area contributed by atoms with Crippen molar-refractivity contribution in [2.75, 3.05) is 30.9 Å². The van der Waals surface area contributed by atoms with Crippen LogP contribution in [0.2, 0.25) is 0 Å². The van der Waals surface area contributed by atoms with Crippen LogP contribution in [0.4, 0.5) is 5.69 Å². The van der Waals surface area contributed by atoms with Gasteiger partial charge in [0.1, 0.15) is 0 Å². The van der Waals surface area contributed by atoms with Gasteiger partial charge in [-0.15, -0.1) is 11.8 Å². The minimum absolute atomic E-state index is 0.264. The number of esters is 2. The largest absolute Gasteiger partial charge is 0.465 e. The Morgan fingerprint density at radius 2 is 1.65 bits per heavy atom. The molecule has 0 bridgehead atoms. The number of benzene rings is 2. The molecule has 0 atom stereocenters. The Morgan fingerprint density at radius 1 is 1.00 bits per heavy atom. The topological polar surface area (TPSA) is 72.9 Å². The van der Waals surface area contributed by atoms with Gasteiger partial charge in [0, 0.05) is 17.2 Å². The van der Waals surface area contributed by atoms with Crippen molar-refractivity contribution >= 4 is 35.3 Å². The van der Waals surface area contributed by atoms with Crippen LogP contribution in [0.25, 0.3) is 0 Å². The summed E-state index contributed by atoms with van der Waals surface area (Å²) in [6.07, 6.45) is 0. The molecule has 134 valence electrons. The Hall–Kier alpha value is -2.80. The lowest BCUT2D eigenvalue weighted by Crippen LogP contribution is -2.38. The summed E-state index contributed by atoms with van der Waals surface area (Å²) in [7, 11) is 1.29. The van der Waals surface area contributed by atoms with Gasteiger partial charge >= 0.3 is 11.9 Å². The molecule has 1 aliphatic rings. The number of hydrogen-bond acceptors (Lipinski definition) is 6. The molecule has 7 heteroatoms. The number of ether oxygens (including phenoxy) is 2. The second-order valence-corrected chi connectivity index (χ2v) is 6.64. The molecule has 3 rings (SSSR count). The van der Waals surface area contributed by atoms with E-state index in [2.05, 4.69) is 4.74 Å². The fourth-order valence-electron chi connectivity index (χ4n) is 2.58. The second kappa shape index (κ2) is 8.05. The third kappa shape index (κ3) is 3.88. The van der Waals surface area contributed by atoms with Crippen molar-refractivity contribution in [2.24, 2.45) is 0 Å². The van der Waals surface area contributed by atoms with Crippen molar-refractivity contribution in [3.8, 4) is 0 Å². The first kappa shape index (κ1) is 18.0. The van der Waals surface area contributed by atoms with Crippen molar-refractivity contribution in [3.05, 3.63) is 59.7 Å². The fourth-order valence-corrected chi connectivity index (χ4v) is 3.57. The van der Waals surface area contributed by atoms with Gasteiger partial charge in [-0.05, 0) is 36.4 Å². The van der Waals surface area contributed by atoms with Crippen LogP contribution in [0.3, 0.4) is 0 Å². The lowest BCUT2D eigenvalue weighted by Gasteiger charge is -2.28. The molecular weight excluding hydrogens is 354 g/mol. The maximum Gasteiger partial charge on any atom is 0.338 e. The highest BCUT2D eigenvalue weighted by atomic mass is 32.2. The van der Waals surface area contributed by atoms with Gasteiger partial charge < -0.3 is 14.4 Å². The summed E-state index contributed by atoms with van der Waals surface area (Å²) >= 11 is 1.70. The van der Waals surface area contributed by atoms with E-state index >= 15 is 0 Å². The van der Waals surface area contributed by atoms with Crippen molar-refractivity contribution in [2.45, 2.75) is 4.90 Å². The van der Waals surface area contributed by atoms with Crippen LogP contribution in [0.15, 0.2) is 53.4 Å². The minimum atomic E-state index is -0.616. The molecule has 0 N–H and O–H groups in total. The molecule has 2 aromatic carbocycles. The Balaban J connectivity index is 1.61. The molecule has 0 saturated heterocycles. The highest BCUT2D eigenvalue weighted by Crippen LogP contribution is 2.34. The molecule has 0 aromatic heterocycles. The smallest absolute Gasteiger partial charge is 0.338 e. The molecule has 0 radical (unpaired) electrons. The van der Waals surface area contributed by atoms with Crippen LogP contribution in [-0.4, -0.2) is 43.9 Å². The third-order valence-corrected chi connectivity index (χ3v) is 4.94. The van der Waals surface area contributed by atoms with Crippen LogP contribution in [0.5, 0.6) is 0 Å². The lowest BCUT2D eigenvalue weighted by atomic mass is 10.1. The zero-order chi connectivity index (χ0) is 18.5. The quantitative estimate of drug-likeness (QED) is 0.770. The summed E-state index contributed by atoms with van der Waals surface area (Å²) in [5.74, 6) is -0.570. The number of anilines is 1. The number of nitrogens with zero attached hydrogens (tertiary/aromatic N) is 1. The first-order chi connectivity index (χ1) is 12.6. The van der Waals surface area contributed by atoms with Gasteiger partial charge in [-0.1, -0.05) is 12.1 Å². The van der Waals surface area contributed by atoms with Gasteiger partial charge in [0.05, 0.1) is 23.9 Å². The van der Waals surface area contributed by atoms with E-state index in [0.29, 0.717) is 12.1 Å². The van der Waals surface area contributed by atoms with E-state index in [1.54, 1.807) is 16.7 Å². The molecule has 0 saturated carbocycles. The predicted molar refractivity (Wildman–Crippen MR) is 97.6 cm³/mol. The average Bonchev–Trinajstić information content (AvgIpc) is 2.70. The molecule has 26 heavy (non-hydrogen) atoms. The number of para-hydroxylation sites is 1. The van der Waals surface area contributed by atoms with E-state index < -0.39 is 11.9 Å². The van der Waals surface area contributed by atoms with Crippen LogP contribution >= 0.6 is 11.8 Å². The Bertz CT molecular complexity index is 834. The number of thioether (sulfide) groups is 1. The molecule has 0 aliphatic carbocycles. The van der Waals surface area contributed by atoms with Crippen LogP contribution in [0.1, 0.15) is 20.7 Å². The maximum absolute atomic E-state index is 12.5. The summed E-state index contributed by atoms with van der Waals surface area (Å²) in [6.45, 7) is 0.239. The van der Waals surface area contributed by atoms with Gasteiger partial charge in [-0.3, -0.25) is 4.79 Å². The highest BCUT2D eigenvalue weighted by Gasteiger charge is 2.23. The zero-order valence-electron chi connectivity index (χ0n) is 14.1. The van der Waals surface area contributed by atoms with Gasteiger partial charge in [0.2, 0.25) is 0 Å². The van der Waals surface area contributed by atoms with Gasteiger partial charge in [0.15, 0.2) is 6.61 Å². The summed E-state index contributed by atoms with van der Waals surface area (Å²) in [4.78, 5) is 38.6. The number of carbonyl (C=O) groups is 3. The van der Waals surface area contributed by atoms with E-state index in [4.69, 9.17) is 4.74 Å². The number of fused-ring (bicyclic) bond motifs is 1. The number of carbonyl (C=O) groups excluding carboxylic acids is 3. The average molecular weight is 371 g/mol. The van der Waals surface area contributed by atoms with E-state index in [-0.39, 0.29) is 18.1 Å². The third-order valence-electron chi connectivity index (χ3n) is 3.90. The summed E-state index contributed by atoms with van der Waals surface area (Å²) in [6, 6.07) is 13.5. The number of amides is 1. The van der Waals surface area contributed by atoms with Crippen molar-refractivity contribution < 1.29 is 23.9 Å². The van der Waals surface area contributed by atoms with Crippen LogP contribution in [0, 0.1) is 0 Å². The lowest BCUT2D eigenvalue weighted by molar-refractivity contribution is -0.121. The SMILES string of the molecule is COC(=O)c1ccc(C(=O)OCC(=O)N2CCSc3ccccc32)cc1. The van der Waals surface area contributed by atoms with Gasteiger partial charge in [-0.2, -0.15) is 0 Å². The van der Waals surface area contributed by atoms with Gasteiger partial charge in [0.25, 0.3) is 5.91 Å². The van der Waals surface area contributed by atoms with Crippen LogP contribution < -0.4 is 4.90 Å². The van der Waals surface area contributed by atoms with E-state index in [1.165, 1.54) is 31.4 Å². The monoisotopic (exact) mass is 371 g/mol. The van der Waals surface area contributed by atoms with E-state index in [9.17, 15) is 14.4 Å². The fraction of sp³-hybridized carbons (Fsp3) is 0.211. The van der Waals surface area contributed by atoms with Crippen molar-refractivity contribution in [1.29, 1.82) is 0 Å². The Labute approximate surface area is 155 Å². The van der Waals surface area contributed by atoms with E-state index in [1.807, 2.05) is 24.3 Å². The maximum atomic E-state index is 12.5. The molecule has 6 nitrogen and oxygen atoms in total. The molecule has 0 unspecified atom stereocenters. The van der Waals surface area contributed by atoms with Crippen molar-refractivity contribution in [1.82, 2.24) is 0 Å². The molecule has 1 aliphatic heterocycles. The number of hydrogen-bond donors (Lipinski definition) is 0. The highest BCUT2D eigenvalue weighted by molar-refractivity contribution is 7.99. The van der Waals surface area contributed by atoms with E-state index in [0.717, 1.165) is 16.3 Å². The molecule has 1 heterocycles. The molecule has 0 spiro atoms. The standard InChI is InChI=1S/C19H17NO5S/c1-24-18(22)13-6-8-14(9-7-13)19(23)25-12-17(21)20-10-11-26-16-5-3-2-4-15(16)20/h2-9H,10-12H2,1H3. The first-order valence-electron chi connectivity index (χ1n) is 7.98. The molecule has 0 fully saturated rings. The molecule has 1 amide bonds. The normalized spacial score (nSPS) is 12.9. The Kier molecular flexibility index (Phi) is 5.58. The Morgan fingerprint density at radius 3 is 2.35 bits per heavy atom. The van der Waals surface area contributed by atoms with Gasteiger partial charge in [-0.25, -0.2) is 9.59 Å². The number of methoxy groups -OCH3 is 1. The number of rotatable bonds is 4.